The summed E-state index contributed by atoms with van der Waals surface area (Å²) in [6, 6.07) is 0. The van der Waals surface area contributed by atoms with E-state index in [9.17, 15) is 0 Å². The highest BCUT2D eigenvalue weighted by Crippen LogP contribution is 2.51. The van der Waals surface area contributed by atoms with E-state index in [1.54, 1.807) is 0 Å². The molecule has 0 bridgehead atoms. The van der Waals surface area contributed by atoms with Crippen molar-refractivity contribution in [3.8, 4) is 0 Å². The lowest BCUT2D eigenvalue weighted by atomic mass is 10.0. The van der Waals surface area contributed by atoms with Gasteiger partial charge in [-0.3, -0.25) is 0 Å². The van der Waals surface area contributed by atoms with Crippen molar-refractivity contribution in [2.45, 2.75) is 57.2 Å². The van der Waals surface area contributed by atoms with Gasteiger partial charge in [-0.15, -0.1) is 0 Å². The molecule has 1 aliphatic carbocycles. The van der Waals surface area contributed by atoms with Crippen LogP contribution in [0.15, 0.2) is 0 Å². The molecule has 0 aromatic heterocycles. The van der Waals surface area contributed by atoms with Crippen LogP contribution >= 0.6 is 0 Å². The van der Waals surface area contributed by atoms with Crippen molar-refractivity contribution >= 4 is 0 Å². The zero-order chi connectivity index (χ0) is 7.03. The lowest BCUT2D eigenvalue weighted by molar-refractivity contribution is 0.294. The SMILES string of the molecule is CCCC1OC12CCCC2. The molecule has 2 aliphatic rings. The van der Waals surface area contributed by atoms with Gasteiger partial charge in [-0.25, -0.2) is 0 Å². The molecule has 1 heterocycles. The maximum atomic E-state index is 5.71. The number of ether oxygens (including phenoxy) is 1. The van der Waals surface area contributed by atoms with Crippen LogP contribution in [-0.2, 0) is 4.74 Å². The number of hydrogen-bond donors (Lipinski definition) is 0. The van der Waals surface area contributed by atoms with E-state index in [0.717, 1.165) is 0 Å². The molecule has 1 aliphatic heterocycles. The second kappa shape index (κ2) is 2.23. The van der Waals surface area contributed by atoms with Crippen molar-refractivity contribution in [3.05, 3.63) is 0 Å². The first kappa shape index (κ1) is 6.66. The second-order valence-corrected chi connectivity index (χ2v) is 3.67. The Balaban J connectivity index is 1.86. The van der Waals surface area contributed by atoms with Gasteiger partial charge in [0.25, 0.3) is 0 Å². The van der Waals surface area contributed by atoms with Crippen LogP contribution in [0, 0.1) is 0 Å². The first-order valence-electron chi connectivity index (χ1n) is 4.55. The summed E-state index contributed by atoms with van der Waals surface area (Å²) < 4.78 is 5.71. The van der Waals surface area contributed by atoms with E-state index in [2.05, 4.69) is 6.92 Å². The predicted molar refractivity (Wildman–Crippen MR) is 41.0 cm³/mol. The Kier molecular flexibility index (Phi) is 1.48. The Hall–Kier alpha value is -0.0400. The lowest BCUT2D eigenvalue weighted by Crippen LogP contribution is -2.08. The average molecular weight is 140 g/mol. The van der Waals surface area contributed by atoms with Crippen LogP contribution in [0.4, 0.5) is 0 Å². The fourth-order valence-electron chi connectivity index (χ4n) is 2.25. The lowest BCUT2D eigenvalue weighted by Gasteiger charge is -1.98. The number of rotatable bonds is 2. The van der Waals surface area contributed by atoms with Crippen molar-refractivity contribution < 1.29 is 4.74 Å². The Morgan fingerprint density at radius 3 is 2.70 bits per heavy atom. The highest BCUT2D eigenvalue weighted by molar-refractivity contribution is 5.04. The number of epoxide rings is 1. The van der Waals surface area contributed by atoms with Gasteiger partial charge in [0.1, 0.15) is 0 Å². The summed E-state index contributed by atoms with van der Waals surface area (Å²) in [5.41, 5.74) is 0.413. The van der Waals surface area contributed by atoms with Crippen molar-refractivity contribution in [1.82, 2.24) is 0 Å². The summed E-state index contributed by atoms with van der Waals surface area (Å²) >= 11 is 0. The molecular formula is C9H16O. The minimum Gasteiger partial charge on any atom is -0.366 e. The molecule has 1 unspecified atom stereocenters. The van der Waals surface area contributed by atoms with Crippen molar-refractivity contribution in [2.24, 2.45) is 0 Å². The van der Waals surface area contributed by atoms with Gasteiger partial charge in [0, 0.05) is 0 Å². The summed E-state index contributed by atoms with van der Waals surface area (Å²) in [5.74, 6) is 0. The van der Waals surface area contributed by atoms with E-state index in [4.69, 9.17) is 4.74 Å². The largest absolute Gasteiger partial charge is 0.366 e. The highest BCUT2D eigenvalue weighted by Gasteiger charge is 2.56. The summed E-state index contributed by atoms with van der Waals surface area (Å²) in [7, 11) is 0. The quantitative estimate of drug-likeness (QED) is 0.537. The Bertz CT molecular complexity index is 125. The minimum atomic E-state index is 0.413. The molecule has 0 amide bonds. The monoisotopic (exact) mass is 140 g/mol. The minimum absolute atomic E-state index is 0.413. The average Bonchev–Trinajstić information content (AvgIpc) is 2.43. The van der Waals surface area contributed by atoms with E-state index in [1.165, 1.54) is 38.5 Å². The molecule has 0 aromatic carbocycles. The van der Waals surface area contributed by atoms with Crippen molar-refractivity contribution in [3.63, 3.8) is 0 Å². The van der Waals surface area contributed by atoms with Crippen LogP contribution in [0.3, 0.4) is 0 Å². The first-order chi connectivity index (χ1) is 4.87. The molecule has 1 heteroatoms. The van der Waals surface area contributed by atoms with Crippen LogP contribution in [0.1, 0.15) is 45.4 Å². The highest BCUT2D eigenvalue weighted by atomic mass is 16.6. The van der Waals surface area contributed by atoms with Gasteiger partial charge in [-0.2, -0.15) is 0 Å². The summed E-state index contributed by atoms with van der Waals surface area (Å²) in [5, 5.41) is 0. The zero-order valence-corrected chi connectivity index (χ0v) is 6.73. The summed E-state index contributed by atoms with van der Waals surface area (Å²) in [6.45, 7) is 2.24. The van der Waals surface area contributed by atoms with E-state index >= 15 is 0 Å². The standard InChI is InChI=1S/C9H16O/c1-2-5-8-9(10-8)6-3-4-7-9/h8H,2-7H2,1H3. The fraction of sp³-hybridized carbons (Fsp3) is 1.00. The molecule has 1 saturated heterocycles. The molecule has 2 rings (SSSR count). The molecule has 10 heavy (non-hydrogen) atoms. The molecule has 0 N–H and O–H groups in total. The zero-order valence-electron chi connectivity index (χ0n) is 6.73. The van der Waals surface area contributed by atoms with Crippen LogP contribution < -0.4 is 0 Å². The van der Waals surface area contributed by atoms with Gasteiger partial charge in [-0.1, -0.05) is 26.2 Å². The Labute approximate surface area is 62.8 Å². The second-order valence-electron chi connectivity index (χ2n) is 3.67. The van der Waals surface area contributed by atoms with E-state index in [1.807, 2.05) is 0 Å². The molecule has 2 fully saturated rings. The van der Waals surface area contributed by atoms with Gasteiger partial charge in [0.15, 0.2) is 0 Å². The third-order valence-corrected chi connectivity index (χ3v) is 2.91. The molecule has 1 saturated carbocycles. The Morgan fingerprint density at radius 2 is 2.10 bits per heavy atom. The Morgan fingerprint density at radius 1 is 1.40 bits per heavy atom. The van der Waals surface area contributed by atoms with Crippen molar-refractivity contribution in [1.29, 1.82) is 0 Å². The molecule has 0 aromatic rings. The van der Waals surface area contributed by atoms with E-state index < -0.39 is 0 Å². The van der Waals surface area contributed by atoms with Crippen molar-refractivity contribution in [2.75, 3.05) is 0 Å². The van der Waals surface area contributed by atoms with Gasteiger partial charge >= 0.3 is 0 Å². The predicted octanol–water partition coefficient (Wildman–Crippen LogP) is 2.50. The maximum Gasteiger partial charge on any atom is 0.0948 e. The van der Waals surface area contributed by atoms with Gasteiger partial charge in [0.05, 0.1) is 11.7 Å². The van der Waals surface area contributed by atoms with Gasteiger partial charge in [0.2, 0.25) is 0 Å². The molecule has 1 atom stereocenters. The molecular weight excluding hydrogens is 124 g/mol. The number of hydrogen-bond acceptors (Lipinski definition) is 1. The van der Waals surface area contributed by atoms with Gasteiger partial charge < -0.3 is 4.74 Å². The third-order valence-electron chi connectivity index (χ3n) is 2.91. The van der Waals surface area contributed by atoms with Crippen LogP contribution in [0.25, 0.3) is 0 Å². The van der Waals surface area contributed by atoms with Crippen LogP contribution in [0.5, 0.6) is 0 Å². The van der Waals surface area contributed by atoms with E-state index in [-0.39, 0.29) is 0 Å². The first-order valence-corrected chi connectivity index (χ1v) is 4.55. The molecule has 1 nitrogen and oxygen atoms in total. The normalized spacial score (nSPS) is 35.1. The molecule has 1 spiro atoms. The third kappa shape index (κ3) is 0.878. The summed E-state index contributed by atoms with van der Waals surface area (Å²) in [4.78, 5) is 0. The van der Waals surface area contributed by atoms with Gasteiger partial charge in [-0.05, 0) is 19.3 Å². The van der Waals surface area contributed by atoms with Crippen LogP contribution in [-0.4, -0.2) is 11.7 Å². The molecule has 0 radical (unpaired) electrons. The topological polar surface area (TPSA) is 12.5 Å². The maximum absolute atomic E-state index is 5.71. The summed E-state index contributed by atoms with van der Waals surface area (Å²) in [6.07, 6.45) is 8.72. The van der Waals surface area contributed by atoms with Crippen LogP contribution in [0.2, 0.25) is 0 Å². The smallest absolute Gasteiger partial charge is 0.0948 e. The molecule has 58 valence electrons. The van der Waals surface area contributed by atoms with E-state index in [0.29, 0.717) is 11.7 Å². The fourth-order valence-corrected chi connectivity index (χ4v) is 2.25.